The molecule has 0 amide bonds. The van der Waals surface area contributed by atoms with Crippen LogP contribution in [0, 0.1) is 69.2 Å². The Morgan fingerprint density at radius 1 is 0.267 bits per heavy atom. The van der Waals surface area contributed by atoms with Crippen molar-refractivity contribution in [2.75, 3.05) is 0 Å². The van der Waals surface area contributed by atoms with Crippen LogP contribution in [0.5, 0.6) is 0 Å². The first-order valence-electron chi connectivity index (χ1n) is 11.0. The zero-order chi connectivity index (χ0) is 22.0. The fourth-order valence-electron chi connectivity index (χ4n) is 6.26. The van der Waals surface area contributed by atoms with Crippen LogP contribution < -0.4 is 5.43 Å². The van der Waals surface area contributed by atoms with Crippen molar-refractivity contribution >= 4 is 43.1 Å². The summed E-state index contributed by atoms with van der Waals surface area (Å²) in [5.41, 5.74) is 12.9. The summed E-state index contributed by atoms with van der Waals surface area (Å²) in [6.45, 7) is 22.1. The second-order valence-corrected chi connectivity index (χ2v) is 9.58. The molecule has 0 aliphatic rings. The van der Waals surface area contributed by atoms with Crippen LogP contribution in [0.2, 0.25) is 0 Å². The number of hydrogen-bond acceptors (Lipinski definition) is 1. The van der Waals surface area contributed by atoms with Gasteiger partial charge in [0.25, 0.3) is 0 Å². The van der Waals surface area contributed by atoms with E-state index >= 15 is 0 Å². The first-order chi connectivity index (χ1) is 14.0. The summed E-state index contributed by atoms with van der Waals surface area (Å²) in [4.78, 5) is 13.2. The van der Waals surface area contributed by atoms with Gasteiger partial charge >= 0.3 is 0 Å². The van der Waals surface area contributed by atoms with Crippen LogP contribution in [0.25, 0.3) is 43.1 Å². The molecule has 0 aromatic heterocycles. The van der Waals surface area contributed by atoms with E-state index in [1.54, 1.807) is 0 Å². The first-order valence-corrected chi connectivity index (χ1v) is 11.0. The fourth-order valence-corrected chi connectivity index (χ4v) is 6.26. The van der Waals surface area contributed by atoms with Crippen LogP contribution in [-0.2, 0) is 0 Å². The second-order valence-electron chi connectivity index (χ2n) is 9.58. The molecule has 0 bridgehead atoms. The molecule has 1 heteroatoms. The van der Waals surface area contributed by atoms with E-state index in [4.69, 9.17) is 0 Å². The van der Waals surface area contributed by atoms with Crippen LogP contribution >= 0.6 is 0 Å². The number of hydrogen-bond donors (Lipinski definition) is 0. The Labute approximate surface area is 178 Å². The minimum atomic E-state index is 0.206. The van der Waals surface area contributed by atoms with Crippen molar-refractivity contribution in [3.63, 3.8) is 0 Å². The van der Waals surface area contributed by atoms with Gasteiger partial charge in [0.05, 0.1) is 0 Å². The van der Waals surface area contributed by atoms with Crippen LogP contribution in [0.4, 0.5) is 0 Å². The summed E-state index contributed by atoms with van der Waals surface area (Å²) in [6, 6.07) is 0. The summed E-state index contributed by atoms with van der Waals surface area (Å²) in [5, 5.41) is 10.5. The molecule has 0 aliphatic carbocycles. The largest absolute Gasteiger partial charge is 0.289 e. The van der Waals surface area contributed by atoms with E-state index < -0.39 is 0 Å². The smallest absolute Gasteiger partial charge is 0.185 e. The van der Waals surface area contributed by atoms with E-state index in [1.165, 1.54) is 87.6 Å². The van der Waals surface area contributed by atoms with Crippen LogP contribution in [0.1, 0.15) is 55.6 Å². The van der Waals surface area contributed by atoms with Crippen molar-refractivity contribution < 1.29 is 0 Å². The highest BCUT2D eigenvalue weighted by atomic mass is 16.1. The van der Waals surface area contributed by atoms with Crippen LogP contribution in [0.3, 0.4) is 0 Å². The molecule has 5 aromatic rings. The number of fused-ring (bicyclic) bond motifs is 3. The molecular formula is C29H30O. The Morgan fingerprint density at radius 3 is 0.833 bits per heavy atom. The SMILES string of the molecule is Cc1c(C)c2c(C)c(C)c3c(C)c(C)c(C)c4c5c(C)c(=O)c(C)c5c(c1C)c2c34. The van der Waals surface area contributed by atoms with Crippen LogP contribution in [0.15, 0.2) is 4.79 Å². The summed E-state index contributed by atoms with van der Waals surface area (Å²) in [5.74, 6) is 0. The predicted molar refractivity (Wildman–Crippen MR) is 132 cm³/mol. The molecule has 0 N–H and O–H groups in total. The third kappa shape index (κ3) is 1.88. The highest BCUT2D eigenvalue weighted by Gasteiger charge is 2.27. The van der Waals surface area contributed by atoms with Gasteiger partial charge < -0.3 is 0 Å². The van der Waals surface area contributed by atoms with Crippen molar-refractivity contribution in [1.82, 2.24) is 0 Å². The fraction of sp³-hybridized carbons (Fsp3) is 0.345. The predicted octanol–water partition coefficient (Wildman–Crippen LogP) is 7.62. The Bertz CT molecular complexity index is 1510. The molecule has 0 saturated carbocycles. The normalized spacial score (nSPS) is 12.5. The Kier molecular flexibility index (Phi) is 3.68. The third-order valence-electron chi connectivity index (χ3n) is 8.49. The minimum absolute atomic E-state index is 0.206. The van der Waals surface area contributed by atoms with Gasteiger partial charge in [-0.2, -0.15) is 0 Å². The van der Waals surface area contributed by atoms with Gasteiger partial charge in [0.2, 0.25) is 0 Å². The van der Waals surface area contributed by atoms with Crippen molar-refractivity contribution in [2.45, 2.75) is 69.2 Å². The highest BCUT2D eigenvalue weighted by Crippen LogP contribution is 2.50. The lowest BCUT2D eigenvalue weighted by atomic mass is 9.78. The zero-order valence-electron chi connectivity index (χ0n) is 19.9. The third-order valence-corrected chi connectivity index (χ3v) is 8.49. The molecule has 5 rings (SSSR count). The van der Waals surface area contributed by atoms with E-state index in [0.29, 0.717) is 0 Å². The molecule has 0 aliphatic heterocycles. The molecule has 0 unspecified atom stereocenters. The monoisotopic (exact) mass is 394 g/mol. The van der Waals surface area contributed by atoms with Crippen molar-refractivity contribution in [3.8, 4) is 0 Å². The molecule has 0 heterocycles. The van der Waals surface area contributed by atoms with Gasteiger partial charge in [0.15, 0.2) is 5.43 Å². The molecule has 0 spiro atoms. The number of benzene rings is 4. The van der Waals surface area contributed by atoms with Crippen molar-refractivity contribution in [2.24, 2.45) is 0 Å². The summed E-state index contributed by atoms with van der Waals surface area (Å²) in [6.07, 6.45) is 0. The van der Waals surface area contributed by atoms with E-state index in [0.717, 1.165) is 11.1 Å². The maximum absolute atomic E-state index is 13.2. The quantitative estimate of drug-likeness (QED) is 0.247. The van der Waals surface area contributed by atoms with Gasteiger partial charge in [-0.25, -0.2) is 0 Å². The maximum Gasteiger partial charge on any atom is 0.185 e. The second kappa shape index (κ2) is 5.72. The van der Waals surface area contributed by atoms with E-state index in [9.17, 15) is 4.79 Å². The lowest BCUT2D eigenvalue weighted by Gasteiger charge is -2.26. The molecule has 30 heavy (non-hydrogen) atoms. The molecular weight excluding hydrogens is 364 g/mol. The average molecular weight is 395 g/mol. The Morgan fingerprint density at radius 2 is 0.500 bits per heavy atom. The average Bonchev–Trinajstić information content (AvgIpc) is 2.93. The van der Waals surface area contributed by atoms with Gasteiger partial charge in [0, 0.05) is 11.1 Å². The molecule has 1 nitrogen and oxygen atoms in total. The van der Waals surface area contributed by atoms with E-state index in [1.807, 2.05) is 13.8 Å². The van der Waals surface area contributed by atoms with Gasteiger partial charge in [-0.1, -0.05) is 0 Å². The molecule has 0 atom stereocenters. The van der Waals surface area contributed by atoms with Gasteiger partial charge in [-0.15, -0.1) is 0 Å². The standard InChI is InChI=1S/C29H30O/c1-11-13(3)21-17(7)18(8)22-14(4)12(2)16(6)24-26-20(10)29(30)19(9)25(26)23(15(11)5)27(21)28(22)24/h1-10H3. The molecule has 0 saturated heterocycles. The highest BCUT2D eigenvalue weighted by molar-refractivity contribution is 6.38. The summed E-state index contributed by atoms with van der Waals surface area (Å²) in [7, 11) is 0. The van der Waals surface area contributed by atoms with E-state index in [2.05, 4.69) is 55.4 Å². The van der Waals surface area contributed by atoms with Crippen molar-refractivity contribution in [3.05, 3.63) is 65.9 Å². The molecule has 0 fully saturated rings. The number of aryl methyl sites for hydroxylation is 8. The minimum Gasteiger partial charge on any atom is -0.289 e. The van der Waals surface area contributed by atoms with Gasteiger partial charge in [0.1, 0.15) is 0 Å². The van der Waals surface area contributed by atoms with Gasteiger partial charge in [-0.05, 0) is 157 Å². The molecule has 152 valence electrons. The maximum atomic E-state index is 13.2. The lowest BCUT2D eigenvalue weighted by molar-refractivity contribution is 1.28. The Hall–Kier alpha value is -2.67. The molecule has 5 aromatic carbocycles. The van der Waals surface area contributed by atoms with Crippen LogP contribution in [-0.4, -0.2) is 0 Å². The lowest BCUT2D eigenvalue weighted by Crippen LogP contribution is -2.02. The zero-order valence-corrected chi connectivity index (χ0v) is 19.9. The summed E-state index contributed by atoms with van der Waals surface area (Å²) < 4.78 is 0. The molecule has 0 radical (unpaired) electrons. The van der Waals surface area contributed by atoms with Gasteiger partial charge in [-0.3, -0.25) is 4.79 Å². The summed E-state index contributed by atoms with van der Waals surface area (Å²) >= 11 is 0. The van der Waals surface area contributed by atoms with Crippen molar-refractivity contribution in [1.29, 1.82) is 0 Å². The topological polar surface area (TPSA) is 17.1 Å². The first kappa shape index (κ1) is 19.3. The number of rotatable bonds is 0. The Balaban J connectivity index is 2.45. The van der Waals surface area contributed by atoms with E-state index in [-0.39, 0.29) is 5.43 Å².